The van der Waals surface area contributed by atoms with Crippen LogP contribution in [0.4, 0.5) is 0 Å². The molecule has 94 valence electrons. The van der Waals surface area contributed by atoms with Gasteiger partial charge in [-0.1, -0.05) is 6.42 Å². The quantitative estimate of drug-likeness (QED) is 0.756. The van der Waals surface area contributed by atoms with Gasteiger partial charge in [0.05, 0.1) is 12.7 Å². The lowest BCUT2D eigenvalue weighted by Crippen LogP contribution is -2.41. The Balaban J connectivity index is 1.79. The summed E-state index contributed by atoms with van der Waals surface area (Å²) in [5.41, 5.74) is 0. The molecule has 0 bridgehead atoms. The van der Waals surface area contributed by atoms with Crippen LogP contribution >= 0.6 is 0 Å². The predicted molar refractivity (Wildman–Crippen MR) is 61.2 cm³/mol. The predicted octanol–water partition coefficient (Wildman–Crippen LogP) is 1.03. The molecule has 2 fully saturated rings. The zero-order valence-electron chi connectivity index (χ0n) is 10.1. The third-order valence-corrected chi connectivity index (χ3v) is 3.47. The third kappa shape index (κ3) is 3.17. The molecule has 0 aromatic rings. The molecule has 2 aliphatic heterocycles. The zero-order valence-corrected chi connectivity index (χ0v) is 10.1. The van der Waals surface area contributed by atoms with Crippen molar-refractivity contribution in [2.45, 2.75) is 57.0 Å². The van der Waals surface area contributed by atoms with Crippen LogP contribution in [0, 0.1) is 0 Å². The van der Waals surface area contributed by atoms with Crippen molar-refractivity contribution < 1.29 is 14.6 Å². The molecule has 2 saturated heterocycles. The van der Waals surface area contributed by atoms with Crippen LogP contribution in [0.5, 0.6) is 0 Å². The third-order valence-electron chi connectivity index (χ3n) is 3.47. The summed E-state index contributed by atoms with van der Waals surface area (Å²) in [6, 6.07) is 0.520. The van der Waals surface area contributed by atoms with Gasteiger partial charge in [0, 0.05) is 19.1 Å². The average molecular weight is 229 g/mol. The van der Waals surface area contributed by atoms with Gasteiger partial charge in [0.25, 0.3) is 0 Å². The number of hydrogen-bond acceptors (Lipinski definition) is 4. The van der Waals surface area contributed by atoms with E-state index in [0.29, 0.717) is 19.1 Å². The summed E-state index contributed by atoms with van der Waals surface area (Å²) in [6.45, 7) is 3.91. The Kier molecular flexibility index (Phi) is 4.19. The van der Waals surface area contributed by atoms with E-state index in [4.69, 9.17) is 14.6 Å². The van der Waals surface area contributed by atoms with Gasteiger partial charge in [0.15, 0.2) is 5.79 Å². The first-order chi connectivity index (χ1) is 7.72. The van der Waals surface area contributed by atoms with Crippen LogP contribution in [0.25, 0.3) is 0 Å². The molecule has 4 nitrogen and oxygen atoms in total. The number of ether oxygens (including phenoxy) is 2. The molecule has 0 aromatic heterocycles. The van der Waals surface area contributed by atoms with Crippen LogP contribution < -0.4 is 5.32 Å². The molecule has 0 aliphatic carbocycles. The molecule has 3 atom stereocenters. The number of hydrogen-bond donors (Lipinski definition) is 2. The average Bonchev–Trinajstić information content (AvgIpc) is 2.62. The molecule has 4 heteroatoms. The molecule has 0 aromatic carbocycles. The highest BCUT2D eigenvalue weighted by Crippen LogP contribution is 2.30. The van der Waals surface area contributed by atoms with Crippen LogP contribution in [0.2, 0.25) is 0 Å². The van der Waals surface area contributed by atoms with Gasteiger partial charge in [0.2, 0.25) is 0 Å². The Bertz CT molecular complexity index is 218. The minimum Gasteiger partial charge on any atom is -0.396 e. The molecular weight excluding hydrogens is 206 g/mol. The molecular formula is C12H23NO3. The van der Waals surface area contributed by atoms with Crippen LogP contribution in [-0.2, 0) is 9.47 Å². The summed E-state index contributed by atoms with van der Waals surface area (Å²) in [6.07, 6.45) is 5.45. The van der Waals surface area contributed by atoms with Gasteiger partial charge in [-0.3, -0.25) is 0 Å². The highest BCUT2D eigenvalue weighted by Gasteiger charge is 2.38. The minimum absolute atomic E-state index is 0.0681. The van der Waals surface area contributed by atoms with E-state index in [-0.39, 0.29) is 12.7 Å². The summed E-state index contributed by atoms with van der Waals surface area (Å²) in [7, 11) is 0. The molecule has 2 aliphatic rings. The fourth-order valence-corrected chi connectivity index (χ4v) is 2.63. The van der Waals surface area contributed by atoms with E-state index in [1.54, 1.807) is 0 Å². The van der Waals surface area contributed by atoms with Gasteiger partial charge in [-0.25, -0.2) is 0 Å². The largest absolute Gasteiger partial charge is 0.396 e. The van der Waals surface area contributed by atoms with Crippen molar-refractivity contribution in [2.24, 2.45) is 0 Å². The van der Waals surface area contributed by atoms with E-state index in [0.717, 1.165) is 13.0 Å². The molecule has 2 rings (SSSR count). The lowest BCUT2D eigenvalue weighted by Gasteiger charge is -2.31. The summed E-state index contributed by atoms with van der Waals surface area (Å²) < 4.78 is 11.6. The number of piperidine rings is 1. The van der Waals surface area contributed by atoms with Crippen molar-refractivity contribution in [2.75, 3.05) is 19.8 Å². The van der Waals surface area contributed by atoms with Crippen molar-refractivity contribution in [3.63, 3.8) is 0 Å². The fourth-order valence-electron chi connectivity index (χ4n) is 2.63. The van der Waals surface area contributed by atoms with Gasteiger partial charge in [0.1, 0.15) is 0 Å². The lowest BCUT2D eigenvalue weighted by molar-refractivity contribution is -0.164. The van der Waals surface area contributed by atoms with Gasteiger partial charge < -0.3 is 19.9 Å². The molecule has 3 unspecified atom stereocenters. The number of aliphatic hydroxyl groups is 1. The van der Waals surface area contributed by atoms with Gasteiger partial charge in [-0.2, -0.15) is 0 Å². The highest BCUT2D eigenvalue weighted by molar-refractivity contribution is 4.82. The SMILES string of the molecule is CC1(CC2CCCCN2)OCC(CCO)O1. The highest BCUT2D eigenvalue weighted by atomic mass is 16.7. The van der Waals surface area contributed by atoms with Gasteiger partial charge in [-0.05, 0) is 32.7 Å². The summed E-state index contributed by atoms with van der Waals surface area (Å²) in [5.74, 6) is -0.450. The van der Waals surface area contributed by atoms with Gasteiger partial charge in [-0.15, -0.1) is 0 Å². The first-order valence-electron chi connectivity index (χ1n) is 6.38. The zero-order chi connectivity index (χ0) is 11.4. The Morgan fingerprint density at radius 2 is 2.31 bits per heavy atom. The maximum Gasteiger partial charge on any atom is 0.167 e. The first kappa shape index (κ1) is 12.3. The van der Waals surface area contributed by atoms with Crippen LogP contribution in [0.1, 0.15) is 39.0 Å². The van der Waals surface area contributed by atoms with E-state index in [9.17, 15) is 0 Å². The smallest absolute Gasteiger partial charge is 0.167 e. The van der Waals surface area contributed by atoms with E-state index < -0.39 is 5.79 Å². The summed E-state index contributed by atoms with van der Waals surface area (Å²) in [4.78, 5) is 0. The number of aliphatic hydroxyl groups excluding tert-OH is 1. The normalized spacial score (nSPS) is 40.1. The lowest BCUT2D eigenvalue weighted by atomic mass is 9.98. The van der Waals surface area contributed by atoms with Crippen molar-refractivity contribution in [1.29, 1.82) is 0 Å². The van der Waals surface area contributed by atoms with Crippen LogP contribution in [0.15, 0.2) is 0 Å². The number of rotatable bonds is 4. The second-order valence-corrected chi connectivity index (χ2v) is 5.05. The maximum atomic E-state index is 8.87. The monoisotopic (exact) mass is 229 g/mol. The molecule has 0 radical (unpaired) electrons. The van der Waals surface area contributed by atoms with Crippen LogP contribution in [0.3, 0.4) is 0 Å². The van der Waals surface area contributed by atoms with E-state index in [1.165, 1.54) is 19.3 Å². The Morgan fingerprint density at radius 3 is 3.00 bits per heavy atom. The summed E-state index contributed by atoms with van der Waals surface area (Å²) >= 11 is 0. The maximum absolute atomic E-state index is 8.87. The first-order valence-corrected chi connectivity index (χ1v) is 6.38. The molecule has 2 N–H and O–H groups in total. The van der Waals surface area contributed by atoms with E-state index in [1.807, 2.05) is 6.92 Å². The molecule has 0 saturated carbocycles. The Labute approximate surface area is 97.3 Å². The van der Waals surface area contributed by atoms with Crippen molar-refractivity contribution in [3.8, 4) is 0 Å². The molecule has 0 amide bonds. The van der Waals surface area contributed by atoms with Crippen molar-refractivity contribution >= 4 is 0 Å². The van der Waals surface area contributed by atoms with E-state index >= 15 is 0 Å². The molecule has 0 spiro atoms. The van der Waals surface area contributed by atoms with Crippen molar-refractivity contribution in [3.05, 3.63) is 0 Å². The number of nitrogens with one attached hydrogen (secondary N) is 1. The van der Waals surface area contributed by atoms with Crippen LogP contribution in [-0.4, -0.2) is 42.8 Å². The van der Waals surface area contributed by atoms with Crippen molar-refractivity contribution in [1.82, 2.24) is 5.32 Å². The second-order valence-electron chi connectivity index (χ2n) is 5.05. The Hall–Kier alpha value is -0.160. The fraction of sp³-hybridized carbons (Fsp3) is 1.00. The topological polar surface area (TPSA) is 50.7 Å². The second kappa shape index (κ2) is 5.45. The minimum atomic E-state index is -0.450. The van der Waals surface area contributed by atoms with Gasteiger partial charge >= 0.3 is 0 Å². The molecule has 16 heavy (non-hydrogen) atoms. The molecule has 2 heterocycles. The Morgan fingerprint density at radius 1 is 1.44 bits per heavy atom. The summed E-state index contributed by atoms with van der Waals surface area (Å²) in [5, 5.41) is 12.4. The van der Waals surface area contributed by atoms with E-state index in [2.05, 4.69) is 5.32 Å². The standard InChI is InChI=1S/C12H23NO3/c1-12(8-10-4-2-3-6-13-10)15-9-11(16-12)5-7-14/h10-11,13-14H,2-9H2,1H3.